The van der Waals surface area contributed by atoms with Gasteiger partial charge < -0.3 is 10.6 Å². The number of aryl methyl sites for hydroxylation is 1. The van der Waals surface area contributed by atoms with Gasteiger partial charge in [0.1, 0.15) is 11.3 Å². The minimum atomic E-state index is -0.199. The van der Waals surface area contributed by atoms with Crippen molar-refractivity contribution >= 4 is 17.5 Å². The first kappa shape index (κ1) is 22.9. The first-order valence-corrected chi connectivity index (χ1v) is 10.5. The summed E-state index contributed by atoms with van der Waals surface area (Å²) < 4.78 is 1.81. The van der Waals surface area contributed by atoms with E-state index in [4.69, 9.17) is 0 Å². The van der Waals surface area contributed by atoms with Crippen LogP contribution in [-0.4, -0.2) is 33.3 Å². The Hall–Kier alpha value is -2.37. The lowest BCUT2D eigenvalue weighted by atomic mass is 9.82. The third kappa shape index (κ3) is 7.18. The molecule has 6 heteroatoms. The van der Waals surface area contributed by atoms with Crippen molar-refractivity contribution in [2.24, 2.45) is 5.41 Å². The van der Waals surface area contributed by atoms with Crippen molar-refractivity contribution in [3.63, 3.8) is 0 Å². The molecule has 0 aliphatic rings. The molecule has 6 nitrogen and oxygen atoms in total. The Morgan fingerprint density at radius 3 is 2.48 bits per heavy atom. The molecule has 0 radical (unpaired) electrons. The normalized spacial score (nSPS) is 12.2. The standard InChI is InChI=1S/C23H36N4O2/c1-17-20(27-15-11-9-12-18(27)25-17)21(29)24-14-10-7-8-13-19(28)26-23(5,6)16-22(2,3)4/h9,11-12,15H,7-8,10,13-14,16H2,1-6H3,(H,24,29)(H,26,28). The average Bonchev–Trinajstić information content (AvgIpc) is 2.90. The van der Waals surface area contributed by atoms with Crippen molar-refractivity contribution in [2.45, 2.75) is 79.2 Å². The van der Waals surface area contributed by atoms with E-state index in [1.54, 1.807) is 0 Å². The second-order valence-electron chi connectivity index (χ2n) is 9.71. The van der Waals surface area contributed by atoms with Crippen LogP contribution in [0.5, 0.6) is 0 Å². The van der Waals surface area contributed by atoms with Crippen molar-refractivity contribution in [1.82, 2.24) is 20.0 Å². The van der Waals surface area contributed by atoms with E-state index >= 15 is 0 Å². The fourth-order valence-corrected chi connectivity index (χ4v) is 4.07. The number of unbranched alkanes of at least 4 members (excludes halogenated alkanes) is 2. The Labute approximate surface area is 174 Å². The number of carbonyl (C=O) groups is 2. The lowest BCUT2D eigenvalue weighted by Crippen LogP contribution is -2.45. The first-order valence-electron chi connectivity index (χ1n) is 10.5. The van der Waals surface area contributed by atoms with E-state index in [-0.39, 0.29) is 22.8 Å². The van der Waals surface area contributed by atoms with Gasteiger partial charge in [-0.25, -0.2) is 4.98 Å². The minimum absolute atomic E-state index is 0.102. The summed E-state index contributed by atoms with van der Waals surface area (Å²) in [6.07, 6.45) is 5.88. The predicted octanol–water partition coefficient (Wildman–Crippen LogP) is 4.26. The molecule has 0 saturated carbocycles. The van der Waals surface area contributed by atoms with E-state index in [1.165, 1.54) is 0 Å². The monoisotopic (exact) mass is 400 g/mol. The van der Waals surface area contributed by atoms with Crippen LogP contribution in [-0.2, 0) is 4.79 Å². The molecular weight excluding hydrogens is 364 g/mol. The molecule has 0 saturated heterocycles. The third-order valence-corrected chi connectivity index (χ3v) is 4.74. The van der Waals surface area contributed by atoms with E-state index in [0.717, 1.165) is 37.0 Å². The molecule has 0 aromatic carbocycles. The van der Waals surface area contributed by atoms with Crippen LogP contribution in [0.4, 0.5) is 0 Å². The largest absolute Gasteiger partial charge is 0.351 e. The number of rotatable bonds is 9. The molecule has 2 heterocycles. The van der Waals surface area contributed by atoms with E-state index in [9.17, 15) is 9.59 Å². The van der Waals surface area contributed by atoms with Gasteiger partial charge >= 0.3 is 0 Å². The number of imidazole rings is 1. The van der Waals surface area contributed by atoms with Gasteiger partial charge in [0, 0.05) is 24.7 Å². The molecule has 0 aliphatic heterocycles. The lowest BCUT2D eigenvalue weighted by molar-refractivity contribution is -0.123. The molecule has 29 heavy (non-hydrogen) atoms. The fraction of sp³-hybridized carbons (Fsp3) is 0.609. The molecule has 160 valence electrons. The van der Waals surface area contributed by atoms with Gasteiger partial charge in [0.2, 0.25) is 5.91 Å². The molecule has 0 bridgehead atoms. The molecule has 2 aromatic heterocycles. The summed E-state index contributed by atoms with van der Waals surface area (Å²) in [5.74, 6) is -0.00693. The number of aromatic nitrogens is 2. The smallest absolute Gasteiger partial charge is 0.270 e. The lowest BCUT2D eigenvalue weighted by Gasteiger charge is -2.33. The molecule has 0 spiro atoms. The van der Waals surface area contributed by atoms with Gasteiger partial charge in [0.15, 0.2) is 0 Å². The quantitative estimate of drug-likeness (QED) is 0.618. The molecule has 0 atom stereocenters. The zero-order valence-electron chi connectivity index (χ0n) is 18.8. The third-order valence-electron chi connectivity index (χ3n) is 4.74. The Morgan fingerprint density at radius 1 is 1.07 bits per heavy atom. The number of nitrogens with zero attached hydrogens (tertiary/aromatic N) is 2. The molecule has 2 rings (SSSR count). The molecule has 2 aromatic rings. The van der Waals surface area contributed by atoms with Crippen molar-refractivity contribution in [3.8, 4) is 0 Å². The molecule has 0 fully saturated rings. The van der Waals surface area contributed by atoms with Crippen LogP contribution in [0, 0.1) is 12.3 Å². The summed E-state index contributed by atoms with van der Waals surface area (Å²) in [7, 11) is 0. The average molecular weight is 401 g/mol. The van der Waals surface area contributed by atoms with E-state index in [2.05, 4.69) is 50.2 Å². The highest BCUT2D eigenvalue weighted by molar-refractivity contribution is 5.94. The van der Waals surface area contributed by atoms with Gasteiger partial charge in [0.25, 0.3) is 5.91 Å². The van der Waals surface area contributed by atoms with Gasteiger partial charge in [-0.15, -0.1) is 0 Å². The first-order chi connectivity index (χ1) is 13.5. The molecular formula is C23H36N4O2. The zero-order chi connectivity index (χ0) is 21.7. The number of hydrogen-bond donors (Lipinski definition) is 2. The number of hydrogen-bond acceptors (Lipinski definition) is 3. The summed E-state index contributed by atoms with van der Waals surface area (Å²) in [4.78, 5) is 29.1. The summed E-state index contributed by atoms with van der Waals surface area (Å²) in [6.45, 7) is 13.1. The number of nitrogens with one attached hydrogen (secondary N) is 2. The second kappa shape index (κ2) is 9.42. The Kier molecular flexibility index (Phi) is 7.44. The number of amides is 2. The van der Waals surface area contributed by atoms with Crippen LogP contribution in [0.15, 0.2) is 24.4 Å². The molecule has 2 amide bonds. The minimum Gasteiger partial charge on any atom is -0.351 e. The van der Waals surface area contributed by atoms with Gasteiger partial charge in [-0.1, -0.05) is 33.3 Å². The van der Waals surface area contributed by atoms with Crippen LogP contribution in [0.3, 0.4) is 0 Å². The van der Waals surface area contributed by atoms with Crippen LogP contribution in [0.25, 0.3) is 5.65 Å². The molecule has 0 unspecified atom stereocenters. The summed E-state index contributed by atoms with van der Waals surface area (Å²) >= 11 is 0. The van der Waals surface area contributed by atoms with Crippen molar-refractivity contribution < 1.29 is 9.59 Å². The van der Waals surface area contributed by atoms with Gasteiger partial charge in [-0.3, -0.25) is 14.0 Å². The number of carbonyl (C=O) groups excluding carboxylic acids is 2. The maximum Gasteiger partial charge on any atom is 0.270 e. The van der Waals surface area contributed by atoms with Gasteiger partial charge in [-0.2, -0.15) is 0 Å². The number of pyridine rings is 1. The highest BCUT2D eigenvalue weighted by Gasteiger charge is 2.26. The predicted molar refractivity (Wildman–Crippen MR) is 117 cm³/mol. The van der Waals surface area contributed by atoms with Crippen LogP contribution in [0.2, 0.25) is 0 Å². The van der Waals surface area contributed by atoms with Crippen molar-refractivity contribution in [2.75, 3.05) is 6.54 Å². The highest BCUT2D eigenvalue weighted by Crippen LogP contribution is 2.26. The highest BCUT2D eigenvalue weighted by atomic mass is 16.2. The maximum absolute atomic E-state index is 12.5. The van der Waals surface area contributed by atoms with E-state index in [1.807, 2.05) is 35.7 Å². The topological polar surface area (TPSA) is 75.5 Å². The van der Waals surface area contributed by atoms with Gasteiger partial charge in [0.05, 0.1) is 5.69 Å². The van der Waals surface area contributed by atoms with Crippen LogP contribution >= 0.6 is 0 Å². The fourth-order valence-electron chi connectivity index (χ4n) is 4.07. The van der Waals surface area contributed by atoms with Crippen molar-refractivity contribution in [3.05, 3.63) is 35.8 Å². The van der Waals surface area contributed by atoms with Gasteiger partial charge in [-0.05, 0) is 57.6 Å². The maximum atomic E-state index is 12.5. The molecule has 0 aliphatic carbocycles. The zero-order valence-corrected chi connectivity index (χ0v) is 18.8. The van der Waals surface area contributed by atoms with E-state index in [0.29, 0.717) is 18.7 Å². The van der Waals surface area contributed by atoms with Crippen LogP contribution < -0.4 is 10.6 Å². The van der Waals surface area contributed by atoms with Crippen LogP contribution in [0.1, 0.15) is 82.9 Å². The summed E-state index contributed by atoms with van der Waals surface area (Å²) in [5.41, 5.74) is 2.06. The number of fused-ring (bicyclic) bond motifs is 1. The second-order valence-corrected chi connectivity index (χ2v) is 9.71. The SMILES string of the molecule is Cc1nc2ccccn2c1C(=O)NCCCCCC(=O)NC(C)(C)CC(C)(C)C. The molecule has 2 N–H and O–H groups in total. The Morgan fingerprint density at radius 2 is 1.79 bits per heavy atom. The Balaban J connectivity index is 1.69. The van der Waals surface area contributed by atoms with Crippen molar-refractivity contribution in [1.29, 1.82) is 0 Å². The van der Waals surface area contributed by atoms with E-state index < -0.39 is 0 Å². The Bertz CT molecular complexity index is 846. The summed E-state index contributed by atoms with van der Waals surface area (Å²) in [5, 5.41) is 6.12. The summed E-state index contributed by atoms with van der Waals surface area (Å²) in [6, 6.07) is 5.68.